The summed E-state index contributed by atoms with van der Waals surface area (Å²) < 4.78 is 2.03. The van der Waals surface area contributed by atoms with Crippen LogP contribution in [0.15, 0.2) is 29.2 Å². The minimum atomic E-state index is -0.961. The number of aromatic carboxylic acids is 1. The van der Waals surface area contributed by atoms with Crippen molar-refractivity contribution in [3.8, 4) is 5.69 Å². The summed E-state index contributed by atoms with van der Waals surface area (Å²) in [5, 5.41) is 8.92. The first kappa shape index (κ1) is 19.9. The van der Waals surface area contributed by atoms with Gasteiger partial charge < -0.3 is 9.67 Å². The molecule has 0 atom stereocenters. The molecule has 2 aromatic rings. The summed E-state index contributed by atoms with van der Waals surface area (Å²) in [4.78, 5) is 37.5. The minimum absolute atomic E-state index is 0.179. The fourth-order valence-corrected chi connectivity index (χ4v) is 4.36. The Balaban J connectivity index is 2.03. The van der Waals surface area contributed by atoms with Gasteiger partial charge in [0.15, 0.2) is 0 Å². The van der Waals surface area contributed by atoms with Crippen molar-refractivity contribution in [3.63, 3.8) is 0 Å². The number of carboxylic acids is 1. The Morgan fingerprint density at radius 2 is 1.82 bits per heavy atom. The second-order valence-corrected chi connectivity index (χ2v) is 8.11. The van der Waals surface area contributed by atoms with Gasteiger partial charge in [-0.05, 0) is 87.8 Å². The third-order valence-electron chi connectivity index (χ3n) is 4.78. The molecule has 0 bridgehead atoms. The highest BCUT2D eigenvalue weighted by Gasteiger charge is 2.36. The normalized spacial score (nSPS) is 15.9. The van der Waals surface area contributed by atoms with Crippen LogP contribution in [0.3, 0.4) is 0 Å². The molecule has 0 radical (unpaired) electrons. The maximum Gasteiger partial charge on any atom is 0.335 e. The monoisotopic (exact) mass is 398 g/mol. The highest BCUT2D eigenvalue weighted by atomic mass is 32.2. The average molecular weight is 398 g/mol. The Hall–Kier alpha value is -2.80. The van der Waals surface area contributed by atoms with Gasteiger partial charge in [-0.1, -0.05) is 0 Å². The molecule has 3 rings (SSSR count). The predicted molar refractivity (Wildman–Crippen MR) is 110 cm³/mol. The van der Waals surface area contributed by atoms with Gasteiger partial charge in [0.2, 0.25) is 0 Å². The molecule has 1 aliphatic rings. The standard InChI is InChI=1S/C21H22N2O4S/c1-11(2)22-19(24)18(28-21(22)27)10-16-9-13(4)23(14(16)5)17-7-6-15(20(25)26)8-12(17)3/h6-11H,1-5H3,(H,25,26)/b18-10+. The molecule has 146 valence electrons. The number of carboxylic acid groups (broad SMARTS) is 1. The molecule has 6 nitrogen and oxygen atoms in total. The van der Waals surface area contributed by atoms with Crippen molar-refractivity contribution in [1.29, 1.82) is 0 Å². The molecule has 0 unspecified atom stereocenters. The molecule has 0 saturated carbocycles. The smallest absolute Gasteiger partial charge is 0.335 e. The minimum Gasteiger partial charge on any atom is -0.478 e. The van der Waals surface area contributed by atoms with Gasteiger partial charge in [0, 0.05) is 23.1 Å². The lowest BCUT2D eigenvalue weighted by atomic mass is 10.1. The number of thioether (sulfide) groups is 1. The molecular weight excluding hydrogens is 376 g/mol. The van der Waals surface area contributed by atoms with Crippen molar-refractivity contribution >= 4 is 35.0 Å². The Labute approximate surface area is 167 Å². The van der Waals surface area contributed by atoms with Crippen LogP contribution in [0.1, 0.15) is 46.7 Å². The number of aryl methyl sites for hydroxylation is 2. The van der Waals surface area contributed by atoms with Crippen molar-refractivity contribution in [2.45, 2.75) is 40.7 Å². The van der Waals surface area contributed by atoms with E-state index in [4.69, 9.17) is 5.11 Å². The summed E-state index contributed by atoms with van der Waals surface area (Å²) in [7, 11) is 0. The SMILES string of the molecule is Cc1cc(C(=O)O)ccc1-n1c(C)cc(/C=C2/SC(=O)N(C(C)C)C2=O)c1C. The Bertz CT molecular complexity index is 1030. The summed E-state index contributed by atoms with van der Waals surface area (Å²) in [5.74, 6) is -1.23. The lowest BCUT2D eigenvalue weighted by Gasteiger charge is -2.16. The average Bonchev–Trinajstić information content (AvgIpc) is 3.03. The van der Waals surface area contributed by atoms with Crippen LogP contribution in [0.2, 0.25) is 0 Å². The van der Waals surface area contributed by atoms with Crippen LogP contribution in [0.4, 0.5) is 4.79 Å². The third-order valence-corrected chi connectivity index (χ3v) is 5.67. The Kier molecular flexibility index (Phi) is 5.21. The number of carbonyl (C=O) groups excluding carboxylic acids is 2. The second kappa shape index (κ2) is 7.31. The molecule has 1 aliphatic heterocycles. The van der Waals surface area contributed by atoms with Gasteiger partial charge in [0.1, 0.15) is 0 Å². The molecule has 28 heavy (non-hydrogen) atoms. The zero-order valence-corrected chi connectivity index (χ0v) is 17.3. The van der Waals surface area contributed by atoms with Gasteiger partial charge in [-0.3, -0.25) is 14.5 Å². The summed E-state index contributed by atoms with van der Waals surface area (Å²) in [6.45, 7) is 9.39. The number of rotatable bonds is 4. The van der Waals surface area contributed by atoms with Gasteiger partial charge in [-0.15, -0.1) is 0 Å². The molecule has 0 aliphatic carbocycles. The van der Waals surface area contributed by atoms with Crippen molar-refractivity contribution in [2.24, 2.45) is 0 Å². The fourth-order valence-electron chi connectivity index (χ4n) is 3.41. The molecule has 1 aromatic heterocycles. The number of carbonyl (C=O) groups is 3. The van der Waals surface area contributed by atoms with Gasteiger partial charge in [0.25, 0.3) is 11.1 Å². The first-order valence-electron chi connectivity index (χ1n) is 8.92. The number of hydrogen-bond donors (Lipinski definition) is 1. The van der Waals surface area contributed by atoms with E-state index < -0.39 is 5.97 Å². The van der Waals surface area contributed by atoms with E-state index in [0.29, 0.717) is 4.91 Å². The van der Waals surface area contributed by atoms with Crippen molar-refractivity contribution < 1.29 is 19.5 Å². The summed E-state index contributed by atoms with van der Waals surface area (Å²) in [6.07, 6.45) is 1.76. The number of benzene rings is 1. The molecule has 2 heterocycles. The van der Waals surface area contributed by atoms with Crippen LogP contribution in [0.25, 0.3) is 11.8 Å². The third kappa shape index (κ3) is 3.38. The van der Waals surface area contributed by atoms with Crippen molar-refractivity contribution in [3.05, 3.63) is 57.2 Å². The molecule has 1 N–H and O–H groups in total. The number of nitrogens with zero attached hydrogens (tertiary/aromatic N) is 2. The molecule has 1 fully saturated rings. The van der Waals surface area contributed by atoms with E-state index in [0.717, 1.165) is 40.0 Å². The largest absolute Gasteiger partial charge is 0.478 e. The number of amides is 2. The highest BCUT2D eigenvalue weighted by Crippen LogP contribution is 2.35. The first-order valence-corrected chi connectivity index (χ1v) is 9.73. The van der Waals surface area contributed by atoms with Crippen molar-refractivity contribution in [1.82, 2.24) is 9.47 Å². The zero-order chi connectivity index (χ0) is 20.7. The van der Waals surface area contributed by atoms with Crippen LogP contribution >= 0.6 is 11.8 Å². The Morgan fingerprint density at radius 3 is 2.36 bits per heavy atom. The van der Waals surface area contributed by atoms with E-state index in [1.54, 1.807) is 24.3 Å². The maximum atomic E-state index is 12.5. The quantitative estimate of drug-likeness (QED) is 0.765. The number of imide groups is 1. The molecule has 7 heteroatoms. The van der Waals surface area contributed by atoms with E-state index in [1.807, 2.05) is 45.3 Å². The summed E-state index contributed by atoms with van der Waals surface area (Å²) in [6, 6.07) is 6.79. The maximum absolute atomic E-state index is 12.5. The van der Waals surface area contributed by atoms with Gasteiger partial charge in [0.05, 0.1) is 10.5 Å². The highest BCUT2D eigenvalue weighted by molar-refractivity contribution is 8.18. The van der Waals surface area contributed by atoms with Crippen LogP contribution in [0, 0.1) is 20.8 Å². The van der Waals surface area contributed by atoms with Crippen molar-refractivity contribution in [2.75, 3.05) is 0 Å². The molecule has 0 spiro atoms. The van der Waals surface area contributed by atoms with Crippen LogP contribution in [-0.4, -0.2) is 37.7 Å². The van der Waals surface area contributed by atoms with Crippen LogP contribution < -0.4 is 0 Å². The van der Waals surface area contributed by atoms with Gasteiger partial charge in [-0.2, -0.15) is 0 Å². The molecular formula is C21H22N2O4S. The van der Waals surface area contributed by atoms with E-state index in [1.165, 1.54) is 4.90 Å². The Morgan fingerprint density at radius 1 is 1.14 bits per heavy atom. The van der Waals surface area contributed by atoms with E-state index in [9.17, 15) is 14.4 Å². The lowest BCUT2D eigenvalue weighted by molar-refractivity contribution is -0.123. The van der Waals surface area contributed by atoms with Gasteiger partial charge >= 0.3 is 5.97 Å². The van der Waals surface area contributed by atoms with E-state index in [2.05, 4.69) is 0 Å². The second-order valence-electron chi connectivity index (χ2n) is 7.11. The van der Waals surface area contributed by atoms with E-state index in [-0.39, 0.29) is 22.8 Å². The van der Waals surface area contributed by atoms with E-state index >= 15 is 0 Å². The summed E-state index contributed by atoms with van der Waals surface area (Å²) >= 11 is 0.957. The summed E-state index contributed by atoms with van der Waals surface area (Å²) in [5.41, 5.74) is 4.70. The zero-order valence-electron chi connectivity index (χ0n) is 16.4. The van der Waals surface area contributed by atoms with Gasteiger partial charge in [-0.25, -0.2) is 4.79 Å². The van der Waals surface area contributed by atoms with Crippen LogP contribution in [-0.2, 0) is 4.79 Å². The number of aromatic nitrogens is 1. The lowest BCUT2D eigenvalue weighted by Crippen LogP contribution is -2.34. The number of hydrogen-bond acceptors (Lipinski definition) is 4. The predicted octanol–water partition coefficient (Wildman–Crippen LogP) is 4.55. The molecule has 1 saturated heterocycles. The molecule has 1 aromatic carbocycles. The fraction of sp³-hybridized carbons (Fsp3) is 0.286. The van der Waals surface area contributed by atoms with Crippen LogP contribution in [0.5, 0.6) is 0 Å². The first-order chi connectivity index (χ1) is 13.1. The molecule has 2 amide bonds. The topological polar surface area (TPSA) is 79.6 Å².